The van der Waals surface area contributed by atoms with Gasteiger partial charge in [0.2, 0.25) is 0 Å². The summed E-state index contributed by atoms with van der Waals surface area (Å²) in [6.07, 6.45) is 0.964. The number of hydrogen-bond donors (Lipinski definition) is 0. The van der Waals surface area contributed by atoms with Crippen molar-refractivity contribution in [2.45, 2.75) is 6.42 Å². The number of hydrogen-bond acceptors (Lipinski definition) is 2. The highest BCUT2D eigenvalue weighted by molar-refractivity contribution is 5.75. The van der Waals surface area contributed by atoms with Gasteiger partial charge in [-0.3, -0.25) is 4.79 Å². The topological polar surface area (TPSA) is 65.8 Å². The van der Waals surface area contributed by atoms with E-state index in [0.717, 1.165) is 6.07 Å². The maximum atomic E-state index is 13.0. The number of nitrogens with zero attached hydrogens (tertiary/aromatic N) is 3. The Kier molecular flexibility index (Phi) is 4.58. The molecule has 0 aliphatic heterocycles. The molecule has 0 saturated heterocycles. The van der Waals surface area contributed by atoms with Gasteiger partial charge in [0, 0.05) is 29.0 Å². The number of azide groups is 1. The van der Waals surface area contributed by atoms with E-state index < -0.39 is 5.82 Å². The van der Waals surface area contributed by atoms with Crippen LogP contribution in [-0.2, 0) is 0 Å². The highest BCUT2D eigenvalue weighted by atomic mass is 19.1. The van der Waals surface area contributed by atoms with Gasteiger partial charge in [-0.05, 0) is 23.7 Å². The summed E-state index contributed by atoms with van der Waals surface area (Å²) in [6.45, 7) is 0.277. The van der Waals surface area contributed by atoms with Crippen molar-refractivity contribution in [2.75, 3.05) is 6.54 Å². The summed E-state index contributed by atoms with van der Waals surface area (Å²) in [5.74, 6) is 4.91. The molecule has 4 nitrogen and oxygen atoms in total. The summed E-state index contributed by atoms with van der Waals surface area (Å²) in [4.78, 5) is 13.0. The van der Waals surface area contributed by atoms with Gasteiger partial charge in [-0.15, -0.1) is 0 Å². The Balaban J connectivity index is 2.76. The fraction of sp³-hybridized carbons (Fsp3) is 0.182. The highest BCUT2D eigenvalue weighted by Gasteiger charge is 1.97. The second kappa shape index (κ2) is 6.23. The molecule has 0 radical (unpaired) electrons. The van der Waals surface area contributed by atoms with Crippen LogP contribution in [-0.4, -0.2) is 12.8 Å². The van der Waals surface area contributed by atoms with Crippen molar-refractivity contribution < 1.29 is 9.18 Å². The normalized spacial score (nSPS) is 8.56. The Morgan fingerprint density at radius 1 is 1.50 bits per heavy atom. The first-order valence-electron chi connectivity index (χ1n) is 4.52. The third-order valence-electron chi connectivity index (χ3n) is 1.69. The zero-order chi connectivity index (χ0) is 11.8. The number of carbonyl (C=O) groups is 1. The van der Waals surface area contributed by atoms with Crippen LogP contribution in [0, 0.1) is 17.7 Å². The maximum Gasteiger partial charge on any atom is 0.150 e. The molecule has 0 aliphatic carbocycles. The second-order valence-corrected chi connectivity index (χ2v) is 2.90. The molecular formula is C11H8FN3O. The number of aldehydes is 1. The van der Waals surface area contributed by atoms with Crippen molar-refractivity contribution in [3.05, 3.63) is 45.6 Å². The van der Waals surface area contributed by atoms with Crippen LogP contribution in [0.1, 0.15) is 22.3 Å². The van der Waals surface area contributed by atoms with Crippen molar-refractivity contribution in [1.29, 1.82) is 0 Å². The lowest BCUT2D eigenvalue weighted by Crippen LogP contribution is -1.86. The van der Waals surface area contributed by atoms with Gasteiger partial charge in [-0.2, -0.15) is 0 Å². The summed E-state index contributed by atoms with van der Waals surface area (Å²) >= 11 is 0. The predicted octanol–water partition coefficient (Wildman–Crippen LogP) is 2.69. The van der Waals surface area contributed by atoms with Crippen molar-refractivity contribution in [1.82, 2.24) is 0 Å². The minimum Gasteiger partial charge on any atom is -0.298 e. The van der Waals surface area contributed by atoms with E-state index in [2.05, 4.69) is 21.9 Å². The van der Waals surface area contributed by atoms with Crippen LogP contribution in [0.5, 0.6) is 0 Å². The lowest BCUT2D eigenvalue weighted by Gasteiger charge is -1.94. The van der Waals surface area contributed by atoms with Crippen LogP contribution in [0.2, 0.25) is 0 Å². The van der Waals surface area contributed by atoms with Crippen LogP contribution in [0.15, 0.2) is 23.3 Å². The molecule has 0 spiro atoms. The van der Waals surface area contributed by atoms with E-state index in [4.69, 9.17) is 5.53 Å². The number of carbonyl (C=O) groups excluding carboxylic acids is 1. The minimum atomic E-state index is -0.496. The fourth-order valence-corrected chi connectivity index (χ4v) is 1.07. The van der Waals surface area contributed by atoms with Gasteiger partial charge in [0.05, 0.1) is 0 Å². The summed E-state index contributed by atoms with van der Waals surface area (Å²) < 4.78 is 13.0. The second-order valence-electron chi connectivity index (χ2n) is 2.90. The van der Waals surface area contributed by atoms with Gasteiger partial charge in [-0.1, -0.05) is 17.0 Å². The summed E-state index contributed by atoms with van der Waals surface area (Å²) in [5, 5.41) is 3.30. The van der Waals surface area contributed by atoms with Crippen molar-refractivity contribution in [3.63, 3.8) is 0 Å². The van der Waals surface area contributed by atoms with Crippen molar-refractivity contribution >= 4 is 6.29 Å². The van der Waals surface area contributed by atoms with Crippen molar-refractivity contribution in [3.8, 4) is 11.8 Å². The Bertz CT molecular complexity index is 496. The quantitative estimate of drug-likeness (QED) is 0.192. The predicted molar refractivity (Wildman–Crippen MR) is 57.3 cm³/mol. The largest absolute Gasteiger partial charge is 0.298 e. The average Bonchev–Trinajstić information content (AvgIpc) is 2.28. The molecule has 0 aromatic heterocycles. The molecule has 0 fully saturated rings. The molecule has 80 valence electrons. The Labute approximate surface area is 91.7 Å². The third kappa shape index (κ3) is 3.82. The molecule has 0 bridgehead atoms. The Morgan fingerprint density at radius 2 is 2.31 bits per heavy atom. The molecule has 0 saturated carbocycles. The molecule has 0 heterocycles. The van der Waals surface area contributed by atoms with Gasteiger partial charge in [-0.25, -0.2) is 4.39 Å². The minimum absolute atomic E-state index is 0.249. The summed E-state index contributed by atoms with van der Waals surface area (Å²) in [5.41, 5.74) is 8.69. The number of rotatable bonds is 3. The first-order chi connectivity index (χ1) is 7.76. The molecule has 0 N–H and O–H groups in total. The van der Waals surface area contributed by atoms with Crippen LogP contribution >= 0.6 is 0 Å². The zero-order valence-corrected chi connectivity index (χ0v) is 8.35. The van der Waals surface area contributed by atoms with E-state index in [9.17, 15) is 9.18 Å². The van der Waals surface area contributed by atoms with Gasteiger partial charge in [0.1, 0.15) is 12.1 Å². The summed E-state index contributed by atoms with van der Waals surface area (Å²) in [7, 11) is 0. The molecule has 16 heavy (non-hydrogen) atoms. The SMILES string of the molecule is [N-]=[N+]=NCCC#Cc1cc(F)cc(C=O)c1. The first kappa shape index (κ1) is 11.8. The molecule has 0 amide bonds. The monoisotopic (exact) mass is 217 g/mol. The van der Waals surface area contributed by atoms with E-state index in [1.165, 1.54) is 12.1 Å². The molecule has 0 atom stereocenters. The molecule has 1 aromatic rings. The Hall–Kier alpha value is -2.31. The van der Waals surface area contributed by atoms with Crippen LogP contribution in [0.25, 0.3) is 10.4 Å². The van der Waals surface area contributed by atoms with Gasteiger partial charge in [0.15, 0.2) is 0 Å². The molecule has 1 aromatic carbocycles. The van der Waals surface area contributed by atoms with E-state index >= 15 is 0 Å². The molecule has 0 aliphatic rings. The van der Waals surface area contributed by atoms with E-state index in [-0.39, 0.29) is 12.1 Å². The van der Waals surface area contributed by atoms with Gasteiger partial charge >= 0.3 is 0 Å². The molecule has 5 heteroatoms. The van der Waals surface area contributed by atoms with Gasteiger partial charge in [0.25, 0.3) is 0 Å². The average molecular weight is 217 g/mol. The highest BCUT2D eigenvalue weighted by Crippen LogP contribution is 2.06. The van der Waals surface area contributed by atoms with Gasteiger partial charge < -0.3 is 0 Å². The zero-order valence-electron chi connectivity index (χ0n) is 8.35. The lowest BCUT2D eigenvalue weighted by atomic mass is 10.1. The maximum absolute atomic E-state index is 13.0. The molecule has 1 rings (SSSR count). The molecular weight excluding hydrogens is 209 g/mol. The number of halogens is 1. The van der Waals surface area contributed by atoms with E-state index in [1.54, 1.807) is 0 Å². The summed E-state index contributed by atoms with van der Waals surface area (Å²) in [6, 6.07) is 3.88. The lowest BCUT2D eigenvalue weighted by molar-refractivity contribution is 0.112. The van der Waals surface area contributed by atoms with E-state index in [1.807, 2.05) is 0 Å². The Morgan fingerprint density at radius 3 is 3.00 bits per heavy atom. The van der Waals surface area contributed by atoms with Crippen LogP contribution in [0.4, 0.5) is 4.39 Å². The van der Waals surface area contributed by atoms with Crippen LogP contribution in [0.3, 0.4) is 0 Å². The van der Waals surface area contributed by atoms with E-state index in [0.29, 0.717) is 18.3 Å². The fourth-order valence-electron chi connectivity index (χ4n) is 1.07. The molecule has 0 unspecified atom stereocenters. The third-order valence-corrected chi connectivity index (χ3v) is 1.69. The smallest absolute Gasteiger partial charge is 0.150 e. The van der Waals surface area contributed by atoms with Crippen LogP contribution < -0.4 is 0 Å². The number of benzene rings is 1. The van der Waals surface area contributed by atoms with Crippen molar-refractivity contribution in [2.24, 2.45) is 5.11 Å². The standard InChI is InChI=1S/C11H8FN3O/c12-11-6-9(5-10(7-11)8-16)3-1-2-4-14-15-13/h5-8H,2,4H2. The first-order valence-corrected chi connectivity index (χ1v) is 4.52.